The van der Waals surface area contributed by atoms with Crippen LogP contribution >= 0.6 is 0 Å². The molecule has 3 nitrogen and oxygen atoms in total. The Balaban J connectivity index is 2.01. The Morgan fingerprint density at radius 3 is 2.94 bits per heavy atom. The average Bonchev–Trinajstić information content (AvgIpc) is 2.77. The molecule has 1 aliphatic rings. The summed E-state index contributed by atoms with van der Waals surface area (Å²) in [7, 11) is 0. The number of benzene rings is 1. The van der Waals surface area contributed by atoms with Crippen LogP contribution in [0.5, 0.6) is 0 Å². The highest BCUT2D eigenvalue weighted by molar-refractivity contribution is 6.09. The van der Waals surface area contributed by atoms with Crippen LogP contribution in [-0.4, -0.2) is 10.8 Å². The molecule has 2 aromatic rings. The second kappa shape index (κ2) is 4.30. The third-order valence-electron chi connectivity index (χ3n) is 3.83. The van der Waals surface area contributed by atoms with Crippen LogP contribution in [0, 0.1) is 17.2 Å². The van der Waals surface area contributed by atoms with Gasteiger partial charge in [0.25, 0.3) is 0 Å². The van der Waals surface area contributed by atoms with Gasteiger partial charge in [0.05, 0.1) is 11.6 Å². The molecule has 0 saturated heterocycles. The van der Waals surface area contributed by atoms with Gasteiger partial charge < -0.3 is 4.98 Å². The summed E-state index contributed by atoms with van der Waals surface area (Å²) in [6.07, 6.45) is 5.94. The van der Waals surface area contributed by atoms with Gasteiger partial charge >= 0.3 is 0 Å². The monoisotopic (exact) mass is 238 g/mol. The van der Waals surface area contributed by atoms with Crippen molar-refractivity contribution in [3.8, 4) is 6.07 Å². The zero-order chi connectivity index (χ0) is 12.5. The van der Waals surface area contributed by atoms with Crippen molar-refractivity contribution >= 4 is 16.7 Å². The minimum Gasteiger partial charge on any atom is -0.360 e. The van der Waals surface area contributed by atoms with Gasteiger partial charge in [-0.3, -0.25) is 4.79 Å². The molecule has 1 saturated carbocycles. The molecule has 90 valence electrons. The van der Waals surface area contributed by atoms with Crippen molar-refractivity contribution in [1.82, 2.24) is 4.98 Å². The van der Waals surface area contributed by atoms with Crippen LogP contribution < -0.4 is 0 Å². The van der Waals surface area contributed by atoms with Gasteiger partial charge in [-0.1, -0.05) is 25.3 Å². The molecule has 3 heteroatoms. The average molecular weight is 238 g/mol. The standard InChI is InChI=1S/C15H14N2O/c16-8-11-5-2-6-13-15(11)12(9-17-13)14(18)7-10-3-1-4-10/h2,5-6,9-10,17H,1,3-4,7H2. The molecule has 0 radical (unpaired) electrons. The summed E-state index contributed by atoms with van der Waals surface area (Å²) in [5.74, 6) is 0.713. The number of carbonyl (C=O) groups excluding carboxylic acids is 1. The van der Waals surface area contributed by atoms with Crippen LogP contribution in [0.25, 0.3) is 10.9 Å². The first-order chi connectivity index (χ1) is 8.79. The van der Waals surface area contributed by atoms with E-state index in [1.807, 2.05) is 12.1 Å². The Hall–Kier alpha value is -2.08. The van der Waals surface area contributed by atoms with Crippen molar-refractivity contribution in [2.45, 2.75) is 25.7 Å². The molecule has 1 heterocycles. The van der Waals surface area contributed by atoms with Crippen LogP contribution in [-0.2, 0) is 0 Å². The van der Waals surface area contributed by atoms with Crippen LogP contribution in [0.2, 0.25) is 0 Å². The molecule has 1 aromatic heterocycles. The first kappa shape index (κ1) is 11.0. The second-order valence-corrected chi connectivity index (χ2v) is 4.97. The molecule has 0 aliphatic heterocycles. The summed E-state index contributed by atoms with van der Waals surface area (Å²) in [5, 5.41) is 9.91. The number of nitrogens with zero attached hydrogens (tertiary/aromatic N) is 1. The van der Waals surface area contributed by atoms with Crippen molar-refractivity contribution in [2.75, 3.05) is 0 Å². The van der Waals surface area contributed by atoms with Crippen LogP contribution in [0.3, 0.4) is 0 Å². The minimum atomic E-state index is 0.161. The number of aromatic amines is 1. The molecule has 3 rings (SSSR count). The van der Waals surface area contributed by atoms with Gasteiger partial charge in [-0.15, -0.1) is 0 Å². The molecule has 1 aliphatic carbocycles. The highest BCUT2D eigenvalue weighted by atomic mass is 16.1. The van der Waals surface area contributed by atoms with Crippen LogP contribution in [0.15, 0.2) is 24.4 Å². The summed E-state index contributed by atoms with van der Waals surface area (Å²) in [6, 6.07) is 7.65. The van der Waals surface area contributed by atoms with Gasteiger partial charge in [0, 0.05) is 29.1 Å². The molecule has 0 spiro atoms. The fraction of sp³-hybridized carbons (Fsp3) is 0.333. The van der Waals surface area contributed by atoms with Crippen LogP contribution in [0.4, 0.5) is 0 Å². The van der Waals surface area contributed by atoms with Crippen molar-refractivity contribution in [3.05, 3.63) is 35.5 Å². The van der Waals surface area contributed by atoms with Gasteiger partial charge in [0.15, 0.2) is 5.78 Å². The van der Waals surface area contributed by atoms with Gasteiger partial charge in [-0.2, -0.15) is 5.26 Å². The Kier molecular flexibility index (Phi) is 2.64. The zero-order valence-electron chi connectivity index (χ0n) is 10.1. The Bertz CT molecular complexity index is 644. The number of aromatic nitrogens is 1. The van der Waals surface area contributed by atoms with Gasteiger partial charge in [0.2, 0.25) is 0 Å². The largest absolute Gasteiger partial charge is 0.360 e. The van der Waals surface area contributed by atoms with E-state index in [0.717, 1.165) is 10.9 Å². The third kappa shape index (κ3) is 1.70. The van der Waals surface area contributed by atoms with E-state index >= 15 is 0 Å². The Labute approximate surface area is 105 Å². The lowest BCUT2D eigenvalue weighted by Gasteiger charge is -2.24. The third-order valence-corrected chi connectivity index (χ3v) is 3.83. The van der Waals surface area contributed by atoms with E-state index in [1.54, 1.807) is 12.3 Å². The summed E-state index contributed by atoms with van der Waals surface area (Å²) in [5.41, 5.74) is 2.12. The smallest absolute Gasteiger partial charge is 0.165 e. The molecular formula is C15H14N2O. The molecule has 18 heavy (non-hydrogen) atoms. The van der Waals surface area contributed by atoms with E-state index in [1.165, 1.54) is 19.3 Å². The maximum atomic E-state index is 12.3. The molecule has 1 aromatic carbocycles. The SMILES string of the molecule is N#Cc1cccc2[nH]cc(C(=O)CC3CCC3)c12. The summed E-state index contributed by atoms with van der Waals surface area (Å²) in [4.78, 5) is 15.3. The zero-order valence-corrected chi connectivity index (χ0v) is 10.1. The predicted octanol–water partition coefficient (Wildman–Crippen LogP) is 3.41. The molecular weight excluding hydrogens is 224 g/mol. The number of ketones is 1. The van der Waals surface area contributed by atoms with Crippen molar-refractivity contribution in [3.63, 3.8) is 0 Å². The maximum absolute atomic E-state index is 12.3. The van der Waals surface area contributed by atoms with Gasteiger partial charge in [-0.25, -0.2) is 0 Å². The van der Waals surface area contributed by atoms with E-state index in [2.05, 4.69) is 11.1 Å². The Morgan fingerprint density at radius 1 is 1.44 bits per heavy atom. The number of H-pyrrole nitrogens is 1. The lowest BCUT2D eigenvalue weighted by molar-refractivity contribution is 0.0938. The fourth-order valence-corrected chi connectivity index (χ4v) is 2.57. The quantitative estimate of drug-likeness (QED) is 0.833. The molecule has 1 fully saturated rings. The number of nitrogens with one attached hydrogen (secondary N) is 1. The molecule has 1 N–H and O–H groups in total. The number of fused-ring (bicyclic) bond motifs is 1. The van der Waals surface area contributed by atoms with Crippen molar-refractivity contribution in [1.29, 1.82) is 5.26 Å². The molecule has 0 bridgehead atoms. The summed E-state index contributed by atoms with van der Waals surface area (Å²) < 4.78 is 0. The number of hydrogen-bond donors (Lipinski definition) is 1. The molecule has 0 amide bonds. The minimum absolute atomic E-state index is 0.161. The number of Topliss-reactive ketones (excluding diaryl/α,β-unsaturated/α-hetero) is 1. The van der Waals surface area contributed by atoms with E-state index in [0.29, 0.717) is 23.5 Å². The fourth-order valence-electron chi connectivity index (χ4n) is 2.57. The lowest BCUT2D eigenvalue weighted by atomic mass is 9.81. The molecule has 0 unspecified atom stereocenters. The summed E-state index contributed by atoms with van der Waals surface area (Å²) in [6.45, 7) is 0. The predicted molar refractivity (Wildman–Crippen MR) is 69.3 cm³/mol. The second-order valence-electron chi connectivity index (χ2n) is 4.97. The first-order valence-corrected chi connectivity index (χ1v) is 6.33. The van der Waals surface area contributed by atoms with Gasteiger partial charge in [0.1, 0.15) is 0 Å². The van der Waals surface area contributed by atoms with E-state index in [9.17, 15) is 4.79 Å². The first-order valence-electron chi connectivity index (χ1n) is 6.33. The highest BCUT2D eigenvalue weighted by Gasteiger charge is 2.23. The number of rotatable bonds is 3. The summed E-state index contributed by atoms with van der Waals surface area (Å²) >= 11 is 0. The van der Waals surface area contributed by atoms with Gasteiger partial charge in [-0.05, 0) is 18.1 Å². The highest BCUT2D eigenvalue weighted by Crippen LogP contribution is 2.32. The number of hydrogen-bond acceptors (Lipinski definition) is 2. The van der Waals surface area contributed by atoms with E-state index in [4.69, 9.17) is 5.26 Å². The lowest BCUT2D eigenvalue weighted by Crippen LogP contribution is -2.15. The van der Waals surface area contributed by atoms with Crippen molar-refractivity contribution < 1.29 is 4.79 Å². The van der Waals surface area contributed by atoms with Crippen molar-refractivity contribution in [2.24, 2.45) is 5.92 Å². The topological polar surface area (TPSA) is 56.6 Å². The Morgan fingerprint density at radius 2 is 2.28 bits per heavy atom. The normalized spacial score (nSPS) is 15.3. The van der Waals surface area contributed by atoms with E-state index in [-0.39, 0.29) is 5.78 Å². The van der Waals surface area contributed by atoms with E-state index < -0.39 is 0 Å². The number of carbonyl (C=O) groups is 1. The van der Waals surface area contributed by atoms with Crippen LogP contribution in [0.1, 0.15) is 41.6 Å². The molecule has 0 atom stereocenters. The maximum Gasteiger partial charge on any atom is 0.165 e. The number of nitriles is 1.